The summed E-state index contributed by atoms with van der Waals surface area (Å²) in [6.45, 7) is 1.29. The molecule has 0 spiro atoms. The van der Waals surface area contributed by atoms with Crippen molar-refractivity contribution >= 4 is 33.2 Å². The number of esters is 1. The molecule has 0 aromatic carbocycles. The van der Waals surface area contributed by atoms with E-state index in [1.54, 1.807) is 0 Å². The molecule has 3 unspecified atom stereocenters. The van der Waals surface area contributed by atoms with Crippen molar-refractivity contribution in [2.75, 3.05) is 7.11 Å². The van der Waals surface area contributed by atoms with E-state index in [1.807, 2.05) is 0 Å². The molecule has 3 atom stereocenters. The van der Waals surface area contributed by atoms with Gasteiger partial charge in [0, 0.05) is 12.0 Å². The normalized spacial score (nSPS) is 25.7. The van der Waals surface area contributed by atoms with E-state index >= 15 is 0 Å². The topological polar surface area (TPSA) is 98.5 Å². The molecule has 0 heterocycles. The fourth-order valence-corrected chi connectivity index (χ4v) is 3.59. The van der Waals surface area contributed by atoms with Gasteiger partial charge in [0.1, 0.15) is 0 Å². The molecule has 0 aromatic heterocycles. The third-order valence-electron chi connectivity index (χ3n) is 3.20. The van der Waals surface area contributed by atoms with Gasteiger partial charge < -0.3 is 10.5 Å². The van der Waals surface area contributed by atoms with Crippen LogP contribution in [0.1, 0.15) is 26.2 Å². The molecule has 1 aliphatic rings. The van der Waals surface area contributed by atoms with Crippen LogP contribution in [0.5, 0.6) is 0 Å². The number of rotatable bonds is 5. The van der Waals surface area contributed by atoms with E-state index in [2.05, 4.69) is 9.46 Å². The molecule has 104 valence electrons. The Bertz CT molecular complexity index is 435. The predicted octanol–water partition coefficient (Wildman–Crippen LogP) is -0.0779. The van der Waals surface area contributed by atoms with Gasteiger partial charge in [0.2, 0.25) is 10.0 Å². The Morgan fingerprint density at radius 2 is 2.11 bits per heavy atom. The Kier molecular flexibility index (Phi) is 5.06. The van der Waals surface area contributed by atoms with E-state index in [9.17, 15) is 13.2 Å². The molecule has 18 heavy (non-hydrogen) atoms. The van der Waals surface area contributed by atoms with Gasteiger partial charge in [-0.05, 0) is 19.8 Å². The molecule has 1 rings (SSSR count). The minimum atomic E-state index is -3.76. The Morgan fingerprint density at radius 3 is 2.61 bits per heavy atom. The second-order valence-electron chi connectivity index (χ2n) is 4.37. The predicted molar refractivity (Wildman–Crippen MR) is 71.4 cm³/mol. The fourth-order valence-electron chi connectivity index (χ4n) is 2.05. The quantitative estimate of drug-likeness (QED) is 0.544. The largest absolute Gasteiger partial charge is 0.468 e. The number of carbonyl (C=O) groups is 1. The van der Waals surface area contributed by atoms with Gasteiger partial charge in [-0.1, -0.05) is 18.6 Å². The summed E-state index contributed by atoms with van der Waals surface area (Å²) in [7, 11) is -2.61. The van der Waals surface area contributed by atoms with Crippen molar-refractivity contribution in [2.24, 2.45) is 11.7 Å². The number of sulfonamides is 1. The average molecular weight is 294 g/mol. The number of thiocarbonyl (C=S) groups is 1. The van der Waals surface area contributed by atoms with E-state index in [1.165, 1.54) is 6.92 Å². The summed E-state index contributed by atoms with van der Waals surface area (Å²) in [6.07, 6.45) is 2.31. The Labute approximate surface area is 112 Å². The molecule has 1 aliphatic carbocycles. The second-order valence-corrected chi connectivity index (χ2v) is 6.88. The van der Waals surface area contributed by atoms with Crippen molar-refractivity contribution in [3.05, 3.63) is 0 Å². The summed E-state index contributed by atoms with van der Waals surface area (Å²) < 4.78 is 30.9. The van der Waals surface area contributed by atoms with E-state index in [0.29, 0.717) is 11.4 Å². The Morgan fingerprint density at radius 1 is 1.50 bits per heavy atom. The van der Waals surface area contributed by atoms with Crippen LogP contribution < -0.4 is 10.5 Å². The van der Waals surface area contributed by atoms with Gasteiger partial charge in [-0.15, -0.1) is 0 Å². The maximum atomic E-state index is 12.0. The third-order valence-corrected chi connectivity index (χ3v) is 5.25. The summed E-state index contributed by atoms with van der Waals surface area (Å²) in [5, 5.41) is -1.24. The molecule has 0 aromatic rings. The molecule has 0 aliphatic heterocycles. The summed E-state index contributed by atoms with van der Waals surface area (Å²) in [5.41, 5.74) is 5.57. The fraction of sp³-hybridized carbons (Fsp3) is 0.800. The lowest BCUT2D eigenvalue weighted by molar-refractivity contribution is -0.139. The third kappa shape index (κ3) is 3.39. The van der Waals surface area contributed by atoms with E-state index in [-0.39, 0.29) is 12.0 Å². The highest BCUT2D eigenvalue weighted by Gasteiger charge is 2.36. The Hall–Kier alpha value is -0.730. The Balaban J connectivity index is 2.77. The van der Waals surface area contributed by atoms with Gasteiger partial charge in [-0.2, -0.15) is 0 Å². The molecule has 0 amide bonds. The molecular formula is C10H18N2O4S2. The SMILES string of the molecule is COC(=O)C(C)S(=O)(=O)NC1CCCC1C(N)=S. The van der Waals surface area contributed by atoms with Crippen molar-refractivity contribution in [1.29, 1.82) is 0 Å². The van der Waals surface area contributed by atoms with Crippen molar-refractivity contribution in [2.45, 2.75) is 37.5 Å². The molecule has 6 nitrogen and oxygen atoms in total. The molecular weight excluding hydrogens is 276 g/mol. The zero-order valence-corrected chi connectivity index (χ0v) is 12.0. The highest BCUT2D eigenvalue weighted by molar-refractivity contribution is 7.90. The molecule has 0 radical (unpaired) electrons. The maximum absolute atomic E-state index is 12.0. The van der Waals surface area contributed by atoms with Crippen LogP contribution in [0.3, 0.4) is 0 Å². The number of ether oxygens (including phenoxy) is 1. The number of hydrogen-bond donors (Lipinski definition) is 2. The summed E-state index contributed by atoms with van der Waals surface area (Å²) >= 11 is 4.91. The van der Waals surface area contributed by atoms with Crippen LogP contribution >= 0.6 is 12.2 Å². The van der Waals surface area contributed by atoms with Gasteiger partial charge in [0.15, 0.2) is 5.25 Å². The first kappa shape index (κ1) is 15.3. The van der Waals surface area contributed by atoms with Crippen LogP contribution in [0.4, 0.5) is 0 Å². The smallest absolute Gasteiger partial charge is 0.325 e. The van der Waals surface area contributed by atoms with Gasteiger partial charge in [0.05, 0.1) is 12.1 Å². The van der Waals surface area contributed by atoms with E-state index in [4.69, 9.17) is 18.0 Å². The first-order chi connectivity index (χ1) is 8.29. The van der Waals surface area contributed by atoms with Gasteiger partial charge in [-0.3, -0.25) is 4.79 Å². The van der Waals surface area contributed by atoms with Crippen molar-refractivity contribution in [3.8, 4) is 0 Å². The molecule has 1 fully saturated rings. The summed E-state index contributed by atoms with van der Waals surface area (Å²) in [5.74, 6) is -0.924. The van der Waals surface area contributed by atoms with Crippen molar-refractivity contribution in [1.82, 2.24) is 4.72 Å². The summed E-state index contributed by atoms with van der Waals surface area (Å²) in [6, 6.07) is -0.320. The highest BCUT2D eigenvalue weighted by atomic mass is 32.2. The lowest BCUT2D eigenvalue weighted by Gasteiger charge is -2.21. The average Bonchev–Trinajstić information content (AvgIpc) is 2.74. The number of nitrogens with one attached hydrogen (secondary N) is 1. The highest BCUT2D eigenvalue weighted by Crippen LogP contribution is 2.26. The molecule has 0 bridgehead atoms. The van der Waals surface area contributed by atoms with Crippen LogP contribution in [0.2, 0.25) is 0 Å². The standard InChI is InChI=1S/C10H18N2O4S2/c1-6(10(13)16-2)18(14,15)12-8-5-3-4-7(8)9(11)17/h6-8,12H,3-5H2,1-2H3,(H2,11,17). The van der Waals surface area contributed by atoms with E-state index in [0.717, 1.165) is 20.0 Å². The monoisotopic (exact) mass is 294 g/mol. The van der Waals surface area contributed by atoms with Crippen LogP contribution in [0.15, 0.2) is 0 Å². The number of nitrogens with two attached hydrogens (primary N) is 1. The minimum absolute atomic E-state index is 0.139. The first-order valence-corrected chi connectivity index (χ1v) is 7.63. The van der Waals surface area contributed by atoms with Gasteiger partial charge in [-0.25, -0.2) is 13.1 Å². The summed E-state index contributed by atoms with van der Waals surface area (Å²) in [4.78, 5) is 11.6. The molecule has 3 N–H and O–H groups in total. The van der Waals surface area contributed by atoms with Crippen molar-refractivity contribution < 1.29 is 17.9 Å². The van der Waals surface area contributed by atoms with Gasteiger partial charge in [0.25, 0.3) is 0 Å². The van der Waals surface area contributed by atoms with Crippen LogP contribution in [0.25, 0.3) is 0 Å². The number of hydrogen-bond acceptors (Lipinski definition) is 5. The molecule has 8 heteroatoms. The minimum Gasteiger partial charge on any atom is -0.468 e. The zero-order chi connectivity index (χ0) is 13.9. The second kappa shape index (κ2) is 5.94. The van der Waals surface area contributed by atoms with Crippen molar-refractivity contribution in [3.63, 3.8) is 0 Å². The molecule has 1 saturated carbocycles. The zero-order valence-electron chi connectivity index (χ0n) is 10.4. The maximum Gasteiger partial charge on any atom is 0.325 e. The lowest BCUT2D eigenvalue weighted by Crippen LogP contribution is -2.46. The van der Waals surface area contributed by atoms with Crippen LogP contribution in [-0.4, -0.2) is 37.8 Å². The lowest BCUT2D eigenvalue weighted by atomic mass is 10.1. The number of carbonyl (C=O) groups excluding carboxylic acids is 1. The number of methoxy groups -OCH3 is 1. The first-order valence-electron chi connectivity index (χ1n) is 5.68. The van der Waals surface area contributed by atoms with Crippen LogP contribution in [-0.2, 0) is 19.6 Å². The molecule has 0 saturated heterocycles. The van der Waals surface area contributed by atoms with E-state index < -0.39 is 21.2 Å². The van der Waals surface area contributed by atoms with Gasteiger partial charge >= 0.3 is 5.97 Å². The van der Waals surface area contributed by atoms with Crippen LogP contribution in [0, 0.1) is 5.92 Å².